The molecule has 1 heterocycles. The number of hydrogen-bond donors (Lipinski definition) is 1. The van der Waals surface area contributed by atoms with Gasteiger partial charge < -0.3 is 9.84 Å². The molecule has 1 aliphatic rings. The maximum atomic E-state index is 10.3. The Bertz CT molecular complexity index is 372. The Morgan fingerprint density at radius 1 is 1.41 bits per heavy atom. The van der Waals surface area contributed by atoms with Gasteiger partial charge in [0.1, 0.15) is 0 Å². The molecule has 1 atom stereocenters. The minimum absolute atomic E-state index is 0.379. The van der Waals surface area contributed by atoms with Crippen molar-refractivity contribution in [2.24, 2.45) is 5.92 Å². The van der Waals surface area contributed by atoms with E-state index in [1.165, 1.54) is 0 Å². The highest BCUT2D eigenvalue weighted by atomic mass is 35.5. The second-order valence-corrected chi connectivity index (χ2v) is 5.24. The van der Waals surface area contributed by atoms with Gasteiger partial charge >= 0.3 is 0 Å². The van der Waals surface area contributed by atoms with Crippen LogP contribution in [0.5, 0.6) is 0 Å². The molecule has 1 N–H and O–H groups in total. The van der Waals surface area contributed by atoms with E-state index in [1.807, 2.05) is 25.1 Å². The van der Waals surface area contributed by atoms with Gasteiger partial charge in [-0.2, -0.15) is 0 Å². The highest BCUT2D eigenvalue weighted by Gasteiger charge is 2.19. The molecule has 2 nitrogen and oxygen atoms in total. The van der Waals surface area contributed by atoms with Crippen molar-refractivity contribution in [2.75, 3.05) is 13.2 Å². The predicted molar refractivity (Wildman–Crippen MR) is 69.3 cm³/mol. The third kappa shape index (κ3) is 3.44. The summed E-state index contributed by atoms with van der Waals surface area (Å²) < 4.78 is 5.33. The number of ether oxygens (including phenoxy) is 1. The lowest BCUT2D eigenvalue weighted by molar-refractivity contribution is 0.0434. The van der Waals surface area contributed by atoms with E-state index in [4.69, 9.17) is 16.3 Å². The molecule has 17 heavy (non-hydrogen) atoms. The fourth-order valence-corrected chi connectivity index (χ4v) is 2.66. The molecule has 0 aliphatic carbocycles. The summed E-state index contributed by atoms with van der Waals surface area (Å²) in [5.41, 5.74) is 2.07. The number of rotatable bonds is 3. The van der Waals surface area contributed by atoms with Crippen LogP contribution in [0.2, 0.25) is 5.02 Å². The van der Waals surface area contributed by atoms with Crippen molar-refractivity contribution in [1.82, 2.24) is 0 Å². The number of aliphatic hydroxyl groups excluding tert-OH is 1. The van der Waals surface area contributed by atoms with Crippen LogP contribution >= 0.6 is 11.6 Å². The highest BCUT2D eigenvalue weighted by Crippen LogP contribution is 2.30. The zero-order chi connectivity index (χ0) is 12.3. The van der Waals surface area contributed by atoms with Crippen LogP contribution < -0.4 is 0 Å². The Labute approximate surface area is 108 Å². The number of aryl methyl sites for hydroxylation is 1. The van der Waals surface area contributed by atoms with E-state index in [0.717, 1.165) is 48.6 Å². The van der Waals surface area contributed by atoms with E-state index < -0.39 is 0 Å². The zero-order valence-corrected chi connectivity index (χ0v) is 10.9. The van der Waals surface area contributed by atoms with Crippen molar-refractivity contribution in [3.63, 3.8) is 0 Å². The molecule has 0 bridgehead atoms. The van der Waals surface area contributed by atoms with Gasteiger partial charge in [0, 0.05) is 18.2 Å². The standard InChI is InChI=1S/C14H19ClO2/c1-10-8-12(15)2-3-13(10)14(16)9-11-4-6-17-7-5-11/h2-3,8,11,14,16H,4-7,9H2,1H3. The summed E-state index contributed by atoms with van der Waals surface area (Å²) >= 11 is 5.92. The van der Waals surface area contributed by atoms with Gasteiger partial charge in [-0.3, -0.25) is 0 Å². The molecule has 1 aromatic carbocycles. The largest absolute Gasteiger partial charge is 0.388 e. The smallest absolute Gasteiger partial charge is 0.0795 e. The molecule has 0 radical (unpaired) electrons. The van der Waals surface area contributed by atoms with Crippen LogP contribution in [-0.4, -0.2) is 18.3 Å². The summed E-state index contributed by atoms with van der Waals surface area (Å²) in [5.74, 6) is 0.578. The van der Waals surface area contributed by atoms with E-state index >= 15 is 0 Å². The fraction of sp³-hybridized carbons (Fsp3) is 0.571. The molecule has 2 rings (SSSR count). The van der Waals surface area contributed by atoms with Gasteiger partial charge in [0.05, 0.1) is 6.10 Å². The third-order valence-electron chi connectivity index (χ3n) is 3.49. The van der Waals surface area contributed by atoms with Crippen LogP contribution in [0.4, 0.5) is 0 Å². The molecule has 1 aromatic rings. The fourth-order valence-electron chi connectivity index (χ4n) is 2.44. The quantitative estimate of drug-likeness (QED) is 0.895. The summed E-state index contributed by atoms with van der Waals surface area (Å²) in [4.78, 5) is 0. The molecular weight excluding hydrogens is 236 g/mol. The molecule has 3 heteroatoms. The van der Waals surface area contributed by atoms with E-state index in [9.17, 15) is 5.11 Å². The summed E-state index contributed by atoms with van der Waals surface area (Å²) in [6.07, 6.45) is 2.56. The van der Waals surface area contributed by atoms with Crippen LogP contribution in [0.15, 0.2) is 18.2 Å². The molecule has 1 fully saturated rings. The van der Waals surface area contributed by atoms with Crippen molar-refractivity contribution in [3.8, 4) is 0 Å². The first kappa shape index (κ1) is 12.9. The molecule has 0 amide bonds. The van der Waals surface area contributed by atoms with Gasteiger partial charge in [-0.25, -0.2) is 0 Å². The van der Waals surface area contributed by atoms with Crippen LogP contribution in [0.25, 0.3) is 0 Å². The SMILES string of the molecule is Cc1cc(Cl)ccc1C(O)CC1CCOCC1. The monoisotopic (exact) mass is 254 g/mol. The molecule has 1 aliphatic heterocycles. The lowest BCUT2D eigenvalue weighted by Gasteiger charge is -2.25. The highest BCUT2D eigenvalue weighted by molar-refractivity contribution is 6.30. The van der Waals surface area contributed by atoms with E-state index in [1.54, 1.807) is 0 Å². The summed E-state index contributed by atoms with van der Waals surface area (Å²) in [6.45, 7) is 3.66. The van der Waals surface area contributed by atoms with Gasteiger partial charge in [-0.15, -0.1) is 0 Å². The normalized spacial score (nSPS) is 19.2. The molecule has 1 saturated heterocycles. The maximum Gasteiger partial charge on any atom is 0.0795 e. The minimum Gasteiger partial charge on any atom is -0.388 e. The first-order chi connectivity index (χ1) is 8.16. The summed E-state index contributed by atoms with van der Waals surface area (Å²) in [5, 5.41) is 11.0. The Morgan fingerprint density at radius 3 is 2.76 bits per heavy atom. The Balaban J connectivity index is 2.00. The third-order valence-corrected chi connectivity index (χ3v) is 3.72. The van der Waals surface area contributed by atoms with Gasteiger partial charge in [-0.1, -0.05) is 17.7 Å². The van der Waals surface area contributed by atoms with Gasteiger partial charge in [-0.05, 0) is 55.4 Å². The Kier molecular flexibility index (Phi) is 4.43. The maximum absolute atomic E-state index is 10.3. The van der Waals surface area contributed by atoms with Crippen molar-refractivity contribution >= 4 is 11.6 Å². The van der Waals surface area contributed by atoms with Crippen molar-refractivity contribution in [3.05, 3.63) is 34.3 Å². The number of aliphatic hydroxyl groups is 1. The second kappa shape index (κ2) is 5.85. The molecule has 0 spiro atoms. The topological polar surface area (TPSA) is 29.5 Å². The number of hydrogen-bond acceptors (Lipinski definition) is 2. The van der Waals surface area contributed by atoms with E-state index in [2.05, 4.69) is 0 Å². The molecule has 0 aromatic heterocycles. The van der Waals surface area contributed by atoms with Gasteiger partial charge in [0.2, 0.25) is 0 Å². The first-order valence-corrected chi connectivity index (χ1v) is 6.56. The van der Waals surface area contributed by atoms with Crippen LogP contribution in [0.3, 0.4) is 0 Å². The van der Waals surface area contributed by atoms with Crippen LogP contribution in [0, 0.1) is 12.8 Å². The number of halogens is 1. The van der Waals surface area contributed by atoms with Crippen molar-refractivity contribution < 1.29 is 9.84 Å². The second-order valence-electron chi connectivity index (χ2n) is 4.81. The minimum atomic E-state index is -0.379. The lowest BCUT2D eigenvalue weighted by atomic mass is 9.90. The first-order valence-electron chi connectivity index (χ1n) is 6.18. The molecule has 1 unspecified atom stereocenters. The Morgan fingerprint density at radius 2 is 2.12 bits per heavy atom. The summed E-state index contributed by atoms with van der Waals surface area (Å²) in [6, 6.07) is 5.68. The van der Waals surface area contributed by atoms with E-state index in [0.29, 0.717) is 5.92 Å². The molecular formula is C14H19ClO2. The zero-order valence-electron chi connectivity index (χ0n) is 10.2. The predicted octanol–water partition coefficient (Wildman–Crippen LogP) is 3.50. The van der Waals surface area contributed by atoms with Gasteiger partial charge in [0.15, 0.2) is 0 Å². The molecule has 94 valence electrons. The van der Waals surface area contributed by atoms with Crippen LogP contribution in [0.1, 0.15) is 36.5 Å². The molecule has 0 saturated carbocycles. The number of benzene rings is 1. The van der Waals surface area contributed by atoms with Crippen molar-refractivity contribution in [2.45, 2.75) is 32.3 Å². The summed E-state index contributed by atoms with van der Waals surface area (Å²) in [7, 11) is 0. The van der Waals surface area contributed by atoms with Gasteiger partial charge in [0.25, 0.3) is 0 Å². The van der Waals surface area contributed by atoms with Crippen molar-refractivity contribution in [1.29, 1.82) is 0 Å². The van der Waals surface area contributed by atoms with E-state index in [-0.39, 0.29) is 6.10 Å². The average Bonchev–Trinajstić information content (AvgIpc) is 2.30. The van der Waals surface area contributed by atoms with Crippen LogP contribution in [-0.2, 0) is 4.74 Å². The lowest BCUT2D eigenvalue weighted by Crippen LogP contribution is -2.18. The Hall–Kier alpha value is -0.570. The average molecular weight is 255 g/mol.